The molecule has 0 aliphatic heterocycles. The molecule has 0 radical (unpaired) electrons. The SMILES string of the molecule is NC(=O)CSc1ncnc2c1oc1nc3c(cc12)CCCC3. The molecule has 0 atom stereocenters. The second-order valence-corrected chi connectivity index (χ2v) is 6.33. The van der Waals surface area contributed by atoms with Crippen LogP contribution in [0.2, 0.25) is 0 Å². The van der Waals surface area contributed by atoms with Gasteiger partial charge in [0.25, 0.3) is 0 Å². The first-order chi connectivity index (χ1) is 10.7. The van der Waals surface area contributed by atoms with E-state index in [-0.39, 0.29) is 11.7 Å². The molecule has 112 valence electrons. The topological polar surface area (TPSA) is 94.9 Å². The summed E-state index contributed by atoms with van der Waals surface area (Å²) in [4.78, 5) is 24.1. The summed E-state index contributed by atoms with van der Waals surface area (Å²) in [6.07, 6.45) is 5.91. The lowest BCUT2D eigenvalue weighted by Gasteiger charge is -2.13. The Hall–Kier alpha value is -2.15. The maximum atomic E-state index is 11.0. The number of thioether (sulfide) groups is 1. The van der Waals surface area contributed by atoms with Gasteiger partial charge in [-0.3, -0.25) is 4.79 Å². The number of hydrogen-bond donors (Lipinski definition) is 1. The molecule has 1 amide bonds. The van der Waals surface area contributed by atoms with Crippen molar-refractivity contribution in [1.82, 2.24) is 15.0 Å². The van der Waals surface area contributed by atoms with Gasteiger partial charge < -0.3 is 10.2 Å². The van der Waals surface area contributed by atoms with E-state index in [1.807, 2.05) is 0 Å². The summed E-state index contributed by atoms with van der Waals surface area (Å²) in [6, 6.07) is 2.14. The Morgan fingerprint density at radius 3 is 3.05 bits per heavy atom. The summed E-state index contributed by atoms with van der Waals surface area (Å²) in [5.74, 6) is -0.228. The number of aryl methyl sites for hydroxylation is 2. The number of amides is 1. The highest BCUT2D eigenvalue weighted by molar-refractivity contribution is 8.00. The maximum Gasteiger partial charge on any atom is 0.229 e. The van der Waals surface area contributed by atoms with Gasteiger partial charge in [0, 0.05) is 5.69 Å². The summed E-state index contributed by atoms with van der Waals surface area (Å²) >= 11 is 1.26. The molecular weight excluding hydrogens is 300 g/mol. The van der Waals surface area contributed by atoms with Crippen LogP contribution in [0, 0.1) is 0 Å². The summed E-state index contributed by atoms with van der Waals surface area (Å²) in [5.41, 5.74) is 9.53. The number of carbonyl (C=O) groups excluding carboxylic acids is 1. The largest absolute Gasteiger partial charge is 0.433 e. The van der Waals surface area contributed by atoms with E-state index in [0.717, 1.165) is 29.4 Å². The van der Waals surface area contributed by atoms with Gasteiger partial charge >= 0.3 is 0 Å². The number of primary amides is 1. The standard InChI is InChI=1S/C15H14N4O2S/c16-11(20)6-22-15-13-12(17-7-18-15)9-5-8-3-1-2-4-10(8)19-14(9)21-13/h5,7H,1-4,6H2,(H2,16,20). The molecule has 0 fully saturated rings. The van der Waals surface area contributed by atoms with E-state index < -0.39 is 0 Å². The van der Waals surface area contributed by atoms with Crippen LogP contribution in [-0.2, 0) is 17.6 Å². The Morgan fingerprint density at radius 2 is 2.18 bits per heavy atom. The van der Waals surface area contributed by atoms with E-state index >= 15 is 0 Å². The number of fused-ring (bicyclic) bond motifs is 4. The zero-order valence-electron chi connectivity index (χ0n) is 11.8. The Kier molecular flexibility index (Phi) is 3.22. The van der Waals surface area contributed by atoms with Crippen molar-refractivity contribution in [2.75, 3.05) is 5.75 Å². The quantitative estimate of drug-likeness (QED) is 0.588. The van der Waals surface area contributed by atoms with Crippen LogP contribution >= 0.6 is 11.8 Å². The van der Waals surface area contributed by atoms with Crippen LogP contribution in [0.15, 0.2) is 21.8 Å². The highest BCUT2D eigenvalue weighted by atomic mass is 32.2. The zero-order valence-corrected chi connectivity index (χ0v) is 12.7. The number of rotatable bonds is 3. The van der Waals surface area contributed by atoms with Crippen LogP contribution in [0.1, 0.15) is 24.1 Å². The fraction of sp³-hybridized carbons (Fsp3) is 0.333. The third kappa shape index (κ3) is 2.21. The average Bonchev–Trinajstić information content (AvgIpc) is 2.88. The second-order valence-electron chi connectivity index (χ2n) is 5.37. The first kappa shape index (κ1) is 13.5. The van der Waals surface area contributed by atoms with Crippen molar-refractivity contribution in [3.63, 3.8) is 0 Å². The molecule has 3 aromatic rings. The number of pyridine rings is 1. The smallest absolute Gasteiger partial charge is 0.229 e. The minimum atomic E-state index is -0.388. The third-order valence-corrected chi connectivity index (χ3v) is 4.84. The maximum absolute atomic E-state index is 11.0. The summed E-state index contributed by atoms with van der Waals surface area (Å²) in [6.45, 7) is 0. The number of hydrogen-bond acceptors (Lipinski definition) is 6. The van der Waals surface area contributed by atoms with Crippen molar-refractivity contribution in [2.45, 2.75) is 30.7 Å². The predicted molar refractivity (Wildman–Crippen MR) is 83.7 cm³/mol. The van der Waals surface area contributed by atoms with Crippen LogP contribution in [0.4, 0.5) is 0 Å². The molecule has 0 bridgehead atoms. The zero-order chi connectivity index (χ0) is 15.1. The molecule has 0 aromatic carbocycles. The normalized spacial score (nSPS) is 14.4. The van der Waals surface area contributed by atoms with Gasteiger partial charge in [-0.1, -0.05) is 11.8 Å². The Bertz CT molecular complexity index is 890. The first-order valence-electron chi connectivity index (χ1n) is 7.19. The van der Waals surface area contributed by atoms with Crippen LogP contribution < -0.4 is 5.73 Å². The molecule has 0 saturated carbocycles. The van der Waals surface area contributed by atoms with Crippen LogP contribution in [0.25, 0.3) is 22.2 Å². The molecule has 0 saturated heterocycles. The number of furan rings is 1. The fourth-order valence-electron chi connectivity index (χ4n) is 2.84. The summed E-state index contributed by atoms with van der Waals surface area (Å²) < 4.78 is 5.87. The minimum Gasteiger partial charge on any atom is -0.433 e. The molecular formula is C15H14N4O2S. The molecule has 3 heterocycles. The van der Waals surface area contributed by atoms with Crippen LogP contribution in [0.5, 0.6) is 0 Å². The van der Waals surface area contributed by atoms with Gasteiger partial charge in [0.2, 0.25) is 11.6 Å². The molecule has 4 rings (SSSR count). The van der Waals surface area contributed by atoms with Crippen molar-refractivity contribution >= 4 is 39.9 Å². The van der Waals surface area contributed by atoms with Crippen LogP contribution in [0.3, 0.4) is 0 Å². The van der Waals surface area contributed by atoms with E-state index in [1.165, 1.54) is 36.5 Å². The third-order valence-electron chi connectivity index (χ3n) is 3.84. The van der Waals surface area contributed by atoms with E-state index in [1.54, 1.807) is 0 Å². The lowest BCUT2D eigenvalue weighted by molar-refractivity contribution is -0.115. The lowest BCUT2D eigenvalue weighted by atomic mass is 9.95. The molecule has 3 aromatic heterocycles. The van der Waals surface area contributed by atoms with E-state index in [9.17, 15) is 4.79 Å². The Morgan fingerprint density at radius 1 is 1.32 bits per heavy atom. The van der Waals surface area contributed by atoms with Crippen molar-refractivity contribution in [2.24, 2.45) is 5.73 Å². The monoisotopic (exact) mass is 314 g/mol. The van der Waals surface area contributed by atoms with Gasteiger partial charge in [0.05, 0.1) is 11.1 Å². The van der Waals surface area contributed by atoms with E-state index in [4.69, 9.17) is 10.2 Å². The number of nitrogens with zero attached hydrogens (tertiary/aromatic N) is 3. The molecule has 7 heteroatoms. The Balaban J connectivity index is 1.89. The van der Waals surface area contributed by atoms with Gasteiger partial charge in [0.1, 0.15) is 16.9 Å². The lowest BCUT2D eigenvalue weighted by Crippen LogP contribution is -2.13. The first-order valence-corrected chi connectivity index (χ1v) is 8.18. The van der Waals surface area contributed by atoms with Crippen molar-refractivity contribution in [3.8, 4) is 0 Å². The molecule has 1 aliphatic carbocycles. The Labute approximate surface area is 130 Å². The van der Waals surface area contributed by atoms with Crippen LogP contribution in [-0.4, -0.2) is 26.6 Å². The van der Waals surface area contributed by atoms with Gasteiger partial charge in [-0.2, -0.15) is 0 Å². The highest BCUT2D eigenvalue weighted by Crippen LogP contribution is 2.34. The second kappa shape index (κ2) is 5.24. The van der Waals surface area contributed by atoms with Gasteiger partial charge in [-0.15, -0.1) is 0 Å². The molecule has 1 aliphatic rings. The molecule has 6 nitrogen and oxygen atoms in total. The van der Waals surface area contributed by atoms with E-state index in [2.05, 4.69) is 21.0 Å². The minimum absolute atomic E-state index is 0.160. The predicted octanol–water partition coefficient (Wildman–Crippen LogP) is 2.23. The number of nitrogens with two attached hydrogens (primary N) is 1. The number of carbonyl (C=O) groups is 1. The van der Waals surface area contributed by atoms with Crippen molar-refractivity contribution in [1.29, 1.82) is 0 Å². The molecule has 0 spiro atoms. The van der Waals surface area contributed by atoms with Crippen molar-refractivity contribution in [3.05, 3.63) is 23.7 Å². The van der Waals surface area contributed by atoms with Gasteiger partial charge in [-0.05, 0) is 37.3 Å². The van der Waals surface area contributed by atoms with Crippen molar-refractivity contribution < 1.29 is 9.21 Å². The highest BCUT2D eigenvalue weighted by Gasteiger charge is 2.19. The molecule has 22 heavy (non-hydrogen) atoms. The molecule has 2 N–H and O–H groups in total. The fourth-order valence-corrected chi connectivity index (χ4v) is 3.51. The van der Waals surface area contributed by atoms with Gasteiger partial charge in [-0.25, -0.2) is 15.0 Å². The average molecular weight is 314 g/mol. The number of aromatic nitrogens is 3. The summed E-state index contributed by atoms with van der Waals surface area (Å²) in [7, 11) is 0. The van der Waals surface area contributed by atoms with E-state index in [0.29, 0.717) is 16.3 Å². The summed E-state index contributed by atoms with van der Waals surface area (Å²) in [5, 5.41) is 1.54. The van der Waals surface area contributed by atoms with Gasteiger partial charge in [0.15, 0.2) is 5.58 Å². The molecule has 0 unspecified atom stereocenters.